The number of likely N-dealkylation sites (tertiary alicyclic amines) is 2. The van der Waals surface area contributed by atoms with Gasteiger partial charge in [0, 0.05) is 75.7 Å². The molecule has 0 radical (unpaired) electrons. The third-order valence-electron chi connectivity index (χ3n) is 6.98. The highest BCUT2D eigenvalue weighted by Crippen LogP contribution is 2.50. The van der Waals surface area contributed by atoms with Crippen LogP contribution in [0.3, 0.4) is 0 Å². The molecule has 0 aromatic carbocycles. The van der Waals surface area contributed by atoms with E-state index in [0.29, 0.717) is 12.6 Å². The van der Waals surface area contributed by atoms with Crippen LogP contribution in [0.4, 0.5) is 0 Å². The Labute approximate surface area is 189 Å². The summed E-state index contributed by atoms with van der Waals surface area (Å²) < 4.78 is 2.14. The van der Waals surface area contributed by atoms with E-state index in [1.807, 2.05) is 42.0 Å². The van der Waals surface area contributed by atoms with Gasteiger partial charge in [-0.2, -0.15) is 0 Å². The molecule has 2 atom stereocenters. The lowest BCUT2D eigenvalue weighted by atomic mass is 9.75. The second kappa shape index (κ2) is 8.47. The number of carbonyl (C=O) groups excluding carboxylic acids is 1. The van der Waals surface area contributed by atoms with Crippen LogP contribution < -0.4 is 0 Å². The van der Waals surface area contributed by atoms with E-state index >= 15 is 0 Å². The topological polar surface area (TPSA) is 67.2 Å². The van der Waals surface area contributed by atoms with Gasteiger partial charge in [0.15, 0.2) is 0 Å². The fourth-order valence-electron chi connectivity index (χ4n) is 5.26. The molecular weight excluding hydrogens is 400 g/mol. The van der Waals surface area contributed by atoms with Crippen molar-refractivity contribution in [2.75, 3.05) is 19.6 Å². The second-order valence-electron chi connectivity index (χ2n) is 9.41. The SMILES string of the molecule is CC(C)n1cnc([C@@H]2CN(Cc3ccncc3)C[C@@]23CCN(Cc2cccnc2)C3=O)c1. The van der Waals surface area contributed by atoms with Crippen LogP contribution in [0, 0.1) is 5.41 Å². The van der Waals surface area contributed by atoms with Gasteiger partial charge >= 0.3 is 0 Å². The van der Waals surface area contributed by atoms with Crippen molar-refractivity contribution >= 4 is 5.91 Å². The van der Waals surface area contributed by atoms with Gasteiger partial charge < -0.3 is 9.47 Å². The van der Waals surface area contributed by atoms with Crippen LogP contribution >= 0.6 is 0 Å². The molecule has 0 unspecified atom stereocenters. The van der Waals surface area contributed by atoms with Crippen molar-refractivity contribution < 1.29 is 4.79 Å². The minimum atomic E-state index is -0.425. The zero-order valence-corrected chi connectivity index (χ0v) is 18.8. The van der Waals surface area contributed by atoms with Gasteiger partial charge in [0.25, 0.3) is 0 Å². The Bertz CT molecular complexity index is 1070. The molecule has 1 amide bonds. The Morgan fingerprint density at radius 3 is 2.66 bits per heavy atom. The molecule has 3 aromatic heterocycles. The minimum Gasteiger partial charge on any atom is -0.338 e. The summed E-state index contributed by atoms with van der Waals surface area (Å²) in [5.41, 5.74) is 2.91. The van der Waals surface area contributed by atoms with Gasteiger partial charge in [0.1, 0.15) is 0 Å². The molecule has 166 valence electrons. The maximum absolute atomic E-state index is 13.9. The molecule has 5 rings (SSSR count). The second-order valence-corrected chi connectivity index (χ2v) is 9.41. The first kappa shape index (κ1) is 20.8. The van der Waals surface area contributed by atoms with Crippen molar-refractivity contribution in [3.05, 3.63) is 78.4 Å². The first-order chi connectivity index (χ1) is 15.5. The summed E-state index contributed by atoms with van der Waals surface area (Å²) in [6.45, 7) is 8.12. The van der Waals surface area contributed by atoms with Crippen molar-refractivity contribution in [1.82, 2.24) is 29.3 Å². The van der Waals surface area contributed by atoms with E-state index in [1.54, 1.807) is 6.20 Å². The quantitative estimate of drug-likeness (QED) is 0.600. The molecule has 5 heterocycles. The fourth-order valence-corrected chi connectivity index (χ4v) is 5.26. The van der Waals surface area contributed by atoms with Crippen LogP contribution in [0.25, 0.3) is 0 Å². The molecule has 2 aliphatic rings. The molecule has 0 bridgehead atoms. The average Bonchev–Trinajstić information content (AvgIpc) is 3.50. The van der Waals surface area contributed by atoms with Crippen LogP contribution in [0.2, 0.25) is 0 Å². The van der Waals surface area contributed by atoms with Gasteiger partial charge in [-0.05, 0) is 49.6 Å². The summed E-state index contributed by atoms with van der Waals surface area (Å²) in [6.07, 6.45) is 12.2. The Balaban J connectivity index is 1.43. The van der Waals surface area contributed by atoms with Gasteiger partial charge in [0.05, 0.1) is 17.4 Å². The van der Waals surface area contributed by atoms with Crippen molar-refractivity contribution in [3.8, 4) is 0 Å². The number of amides is 1. The molecule has 2 saturated heterocycles. The maximum Gasteiger partial charge on any atom is 0.231 e. The third-order valence-corrected chi connectivity index (χ3v) is 6.98. The molecule has 1 spiro atoms. The number of hydrogen-bond donors (Lipinski definition) is 0. The Morgan fingerprint density at radius 1 is 1.09 bits per heavy atom. The summed E-state index contributed by atoms with van der Waals surface area (Å²) in [4.78, 5) is 31.4. The highest BCUT2D eigenvalue weighted by atomic mass is 16.2. The predicted octanol–water partition coefficient (Wildman–Crippen LogP) is 3.27. The number of rotatable bonds is 6. The van der Waals surface area contributed by atoms with E-state index in [4.69, 9.17) is 4.98 Å². The summed E-state index contributed by atoms with van der Waals surface area (Å²) in [5, 5.41) is 0. The molecule has 7 heteroatoms. The first-order valence-corrected chi connectivity index (χ1v) is 11.4. The summed E-state index contributed by atoms with van der Waals surface area (Å²) in [5.74, 6) is 0.346. The fraction of sp³-hybridized carbons (Fsp3) is 0.440. The summed E-state index contributed by atoms with van der Waals surface area (Å²) in [7, 11) is 0. The molecule has 3 aromatic rings. The summed E-state index contributed by atoms with van der Waals surface area (Å²) >= 11 is 0. The number of carbonyl (C=O) groups is 1. The molecule has 0 saturated carbocycles. The molecular formula is C25H30N6O. The van der Waals surface area contributed by atoms with Crippen LogP contribution in [-0.4, -0.2) is 54.9 Å². The Morgan fingerprint density at radius 2 is 1.94 bits per heavy atom. The van der Waals surface area contributed by atoms with E-state index in [0.717, 1.165) is 43.9 Å². The van der Waals surface area contributed by atoms with E-state index in [2.05, 4.69) is 51.6 Å². The maximum atomic E-state index is 13.9. The van der Waals surface area contributed by atoms with Crippen LogP contribution in [0.1, 0.15) is 49.0 Å². The lowest BCUT2D eigenvalue weighted by Gasteiger charge is -2.28. The molecule has 2 fully saturated rings. The van der Waals surface area contributed by atoms with E-state index in [-0.39, 0.29) is 11.8 Å². The molecule has 0 aliphatic carbocycles. The normalized spacial score (nSPS) is 23.7. The minimum absolute atomic E-state index is 0.0933. The average molecular weight is 431 g/mol. The van der Waals surface area contributed by atoms with Crippen molar-refractivity contribution in [2.45, 2.75) is 45.3 Å². The van der Waals surface area contributed by atoms with Gasteiger partial charge in [-0.25, -0.2) is 4.98 Å². The number of aromatic nitrogens is 4. The van der Waals surface area contributed by atoms with E-state index in [1.165, 1.54) is 5.56 Å². The smallest absolute Gasteiger partial charge is 0.231 e. The molecule has 2 aliphatic heterocycles. The first-order valence-electron chi connectivity index (χ1n) is 11.4. The van der Waals surface area contributed by atoms with Gasteiger partial charge in [-0.3, -0.25) is 19.7 Å². The van der Waals surface area contributed by atoms with Crippen LogP contribution in [-0.2, 0) is 17.9 Å². The monoisotopic (exact) mass is 430 g/mol. The van der Waals surface area contributed by atoms with Gasteiger partial charge in [0.2, 0.25) is 5.91 Å². The number of imidazole rings is 1. The van der Waals surface area contributed by atoms with Gasteiger partial charge in [-0.15, -0.1) is 0 Å². The zero-order valence-electron chi connectivity index (χ0n) is 18.8. The van der Waals surface area contributed by atoms with E-state index < -0.39 is 5.41 Å². The van der Waals surface area contributed by atoms with Crippen LogP contribution in [0.15, 0.2) is 61.6 Å². The molecule has 32 heavy (non-hydrogen) atoms. The third kappa shape index (κ3) is 3.81. The molecule has 7 nitrogen and oxygen atoms in total. The highest BCUT2D eigenvalue weighted by molar-refractivity contribution is 5.86. The Kier molecular flexibility index (Phi) is 5.51. The lowest BCUT2D eigenvalue weighted by molar-refractivity contribution is -0.136. The summed E-state index contributed by atoms with van der Waals surface area (Å²) in [6, 6.07) is 8.43. The highest BCUT2D eigenvalue weighted by Gasteiger charge is 2.57. The van der Waals surface area contributed by atoms with Crippen molar-refractivity contribution in [2.24, 2.45) is 5.41 Å². The predicted molar refractivity (Wildman–Crippen MR) is 122 cm³/mol. The number of nitrogens with zero attached hydrogens (tertiary/aromatic N) is 6. The Hall–Kier alpha value is -3.06. The van der Waals surface area contributed by atoms with Crippen molar-refractivity contribution in [3.63, 3.8) is 0 Å². The largest absolute Gasteiger partial charge is 0.338 e. The number of pyridine rings is 2. The standard InChI is InChI=1S/C25H30N6O/c1-19(2)31-16-23(28-18-31)22-15-29(13-20-5-9-26-10-6-20)17-25(22)7-11-30(24(25)32)14-21-4-3-8-27-12-21/h3-6,8-10,12,16,18-19,22H,7,11,13-15,17H2,1-2H3/t22-,25-/m0/s1. The molecule has 0 N–H and O–H groups in total. The lowest BCUT2D eigenvalue weighted by Crippen LogP contribution is -2.39. The van der Waals surface area contributed by atoms with Crippen molar-refractivity contribution in [1.29, 1.82) is 0 Å². The zero-order chi connectivity index (χ0) is 22.1. The van der Waals surface area contributed by atoms with Crippen LogP contribution in [0.5, 0.6) is 0 Å². The number of hydrogen-bond acceptors (Lipinski definition) is 5. The van der Waals surface area contributed by atoms with Gasteiger partial charge in [-0.1, -0.05) is 6.07 Å². The van der Waals surface area contributed by atoms with E-state index in [9.17, 15) is 4.79 Å².